The maximum Gasteiger partial charge on any atom is 0.128 e. The van der Waals surface area contributed by atoms with Crippen LogP contribution < -0.4 is 5.73 Å². The molecular weight excluding hydrogens is 156 g/mol. The van der Waals surface area contributed by atoms with Crippen molar-refractivity contribution in [3.63, 3.8) is 0 Å². The van der Waals surface area contributed by atoms with Gasteiger partial charge in [-0.1, -0.05) is 0 Å². The zero-order chi connectivity index (χ0) is 8.55. The zero-order valence-corrected chi connectivity index (χ0v) is 6.47. The van der Waals surface area contributed by atoms with E-state index < -0.39 is 6.10 Å². The van der Waals surface area contributed by atoms with Crippen LogP contribution in [0.1, 0.15) is 11.8 Å². The van der Waals surface area contributed by atoms with E-state index in [-0.39, 0.29) is 6.10 Å². The second-order valence-electron chi connectivity index (χ2n) is 2.84. The fraction of sp³-hybridized carbons (Fsp3) is 0.375. The maximum absolute atomic E-state index is 9.25. The lowest BCUT2D eigenvalue weighted by atomic mass is 10.1. The Morgan fingerprint density at radius 2 is 2.50 bits per heavy atom. The van der Waals surface area contributed by atoms with Gasteiger partial charge in [0.25, 0.3) is 0 Å². The van der Waals surface area contributed by atoms with Gasteiger partial charge in [-0.2, -0.15) is 0 Å². The number of rotatable bonds is 1. The lowest BCUT2D eigenvalue weighted by molar-refractivity contribution is -0.167. The van der Waals surface area contributed by atoms with Gasteiger partial charge < -0.3 is 15.6 Å². The van der Waals surface area contributed by atoms with Crippen LogP contribution >= 0.6 is 0 Å². The fourth-order valence-electron chi connectivity index (χ4n) is 1.18. The Bertz CT molecular complexity index is 290. The van der Waals surface area contributed by atoms with E-state index in [0.29, 0.717) is 18.0 Å². The first kappa shape index (κ1) is 7.52. The molecule has 1 aliphatic heterocycles. The van der Waals surface area contributed by atoms with Gasteiger partial charge in [-0.05, 0) is 12.1 Å². The number of nitrogen functional groups attached to an aromatic ring is 1. The third-order valence-electron chi connectivity index (χ3n) is 1.89. The summed E-state index contributed by atoms with van der Waals surface area (Å²) in [4.78, 5) is 4.05. The average molecular weight is 166 g/mol. The largest absolute Gasteiger partial charge is 0.399 e. The number of hydrogen-bond acceptors (Lipinski definition) is 4. The minimum atomic E-state index is -0.431. The van der Waals surface area contributed by atoms with Crippen molar-refractivity contribution in [2.24, 2.45) is 0 Å². The molecule has 64 valence electrons. The number of hydrogen-bond donors (Lipinski definition) is 2. The van der Waals surface area contributed by atoms with Crippen LogP contribution in [0.25, 0.3) is 0 Å². The van der Waals surface area contributed by atoms with Gasteiger partial charge in [-0.3, -0.25) is 4.98 Å². The Hall–Kier alpha value is -1.13. The number of nitrogens with two attached hydrogens (primary N) is 1. The predicted molar refractivity (Wildman–Crippen MR) is 43.3 cm³/mol. The van der Waals surface area contributed by atoms with E-state index in [9.17, 15) is 5.11 Å². The molecular formula is C8H10N2O2. The molecule has 1 aromatic heterocycles. The van der Waals surface area contributed by atoms with Crippen LogP contribution in [0.4, 0.5) is 5.69 Å². The van der Waals surface area contributed by atoms with E-state index in [1.165, 1.54) is 0 Å². The molecule has 0 radical (unpaired) electrons. The van der Waals surface area contributed by atoms with Crippen molar-refractivity contribution < 1.29 is 9.84 Å². The van der Waals surface area contributed by atoms with E-state index in [1.54, 1.807) is 18.3 Å². The highest BCUT2D eigenvalue weighted by atomic mass is 16.5. The molecule has 0 aromatic carbocycles. The van der Waals surface area contributed by atoms with Crippen LogP contribution in [0.5, 0.6) is 0 Å². The summed E-state index contributed by atoms with van der Waals surface area (Å²) in [6.07, 6.45) is 0.895. The number of aliphatic hydroxyl groups is 1. The lowest BCUT2D eigenvalue weighted by Crippen LogP contribution is -2.37. The minimum absolute atomic E-state index is 0.284. The summed E-state index contributed by atoms with van der Waals surface area (Å²) in [6, 6.07) is 3.42. The Morgan fingerprint density at radius 1 is 1.67 bits per heavy atom. The second-order valence-corrected chi connectivity index (χ2v) is 2.84. The van der Waals surface area contributed by atoms with Gasteiger partial charge in [0.1, 0.15) is 12.2 Å². The van der Waals surface area contributed by atoms with Crippen LogP contribution in [0.2, 0.25) is 0 Å². The summed E-state index contributed by atoms with van der Waals surface area (Å²) >= 11 is 0. The van der Waals surface area contributed by atoms with E-state index in [4.69, 9.17) is 10.5 Å². The summed E-state index contributed by atoms with van der Waals surface area (Å²) in [5.41, 5.74) is 6.89. The number of aliphatic hydroxyl groups excluding tert-OH is 1. The van der Waals surface area contributed by atoms with E-state index in [0.717, 1.165) is 0 Å². The molecule has 3 N–H and O–H groups in total. The van der Waals surface area contributed by atoms with Gasteiger partial charge in [0.15, 0.2) is 0 Å². The molecule has 1 fully saturated rings. The molecule has 0 amide bonds. The van der Waals surface area contributed by atoms with Gasteiger partial charge in [0.05, 0.1) is 12.3 Å². The molecule has 1 aliphatic rings. The van der Waals surface area contributed by atoms with E-state index in [2.05, 4.69) is 4.98 Å². The number of aromatic nitrogens is 1. The van der Waals surface area contributed by atoms with Crippen molar-refractivity contribution in [2.75, 3.05) is 12.3 Å². The van der Waals surface area contributed by atoms with Crippen molar-refractivity contribution in [3.05, 3.63) is 24.0 Å². The van der Waals surface area contributed by atoms with Crippen LogP contribution in [-0.2, 0) is 4.74 Å². The summed E-state index contributed by atoms with van der Waals surface area (Å²) < 4.78 is 5.12. The van der Waals surface area contributed by atoms with Gasteiger partial charge in [0.2, 0.25) is 0 Å². The van der Waals surface area contributed by atoms with Crippen LogP contribution in [0.3, 0.4) is 0 Å². The van der Waals surface area contributed by atoms with Crippen molar-refractivity contribution in [3.8, 4) is 0 Å². The Morgan fingerprint density at radius 3 is 3.00 bits per heavy atom. The van der Waals surface area contributed by atoms with Crippen molar-refractivity contribution >= 4 is 5.69 Å². The Balaban J connectivity index is 2.22. The van der Waals surface area contributed by atoms with Gasteiger partial charge in [-0.25, -0.2) is 0 Å². The van der Waals surface area contributed by atoms with E-state index in [1.807, 2.05) is 0 Å². The Kier molecular flexibility index (Phi) is 1.71. The molecule has 0 spiro atoms. The molecule has 4 heteroatoms. The minimum Gasteiger partial charge on any atom is -0.399 e. The third-order valence-corrected chi connectivity index (χ3v) is 1.89. The van der Waals surface area contributed by atoms with Gasteiger partial charge in [-0.15, -0.1) is 0 Å². The van der Waals surface area contributed by atoms with Crippen LogP contribution in [0, 0.1) is 0 Å². The molecule has 2 unspecified atom stereocenters. The second kappa shape index (κ2) is 2.73. The first-order valence-electron chi connectivity index (χ1n) is 3.78. The lowest BCUT2D eigenvalue weighted by Gasteiger charge is -2.32. The number of ether oxygens (including phenoxy) is 1. The van der Waals surface area contributed by atoms with Crippen molar-refractivity contribution in [2.45, 2.75) is 12.2 Å². The number of anilines is 1. The highest BCUT2D eigenvalue weighted by Crippen LogP contribution is 2.28. The summed E-state index contributed by atoms with van der Waals surface area (Å²) in [5, 5.41) is 9.25. The number of nitrogens with zero attached hydrogens (tertiary/aromatic N) is 1. The third kappa shape index (κ3) is 1.15. The molecule has 1 aromatic rings. The molecule has 2 rings (SSSR count). The SMILES string of the molecule is Nc1ccnc(C2OCC2O)c1. The van der Waals surface area contributed by atoms with Gasteiger partial charge in [0, 0.05) is 11.9 Å². The average Bonchev–Trinajstić information content (AvgIpc) is 2.02. The predicted octanol–water partition coefficient (Wildman–Crippen LogP) is 0.0960. The molecule has 0 aliphatic carbocycles. The Labute approximate surface area is 70.0 Å². The zero-order valence-electron chi connectivity index (χ0n) is 6.47. The van der Waals surface area contributed by atoms with Crippen LogP contribution in [-0.4, -0.2) is 22.8 Å². The molecule has 2 heterocycles. The molecule has 12 heavy (non-hydrogen) atoms. The fourth-order valence-corrected chi connectivity index (χ4v) is 1.18. The highest BCUT2D eigenvalue weighted by molar-refractivity contribution is 5.38. The standard InChI is InChI=1S/C8H10N2O2/c9-5-1-2-10-6(3-5)8-7(11)4-12-8/h1-3,7-8,11H,4H2,(H2,9,10). The van der Waals surface area contributed by atoms with Crippen molar-refractivity contribution in [1.29, 1.82) is 0 Å². The highest BCUT2D eigenvalue weighted by Gasteiger charge is 2.32. The smallest absolute Gasteiger partial charge is 0.128 e. The normalized spacial score (nSPS) is 28.1. The van der Waals surface area contributed by atoms with Crippen molar-refractivity contribution in [1.82, 2.24) is 4.98 Å². The molecule has 0 bridgehead atoms. The topological polar surface area (TPSA) is 68.4 Å². The molecule has 2 atom stereocenters. The number of pyridine rings is 1. The molecule has 0 saturated carbocycles. The van der Waals surface area contributed by atoms with Crippen LogP contribution in [0.15, 0.2) is 18.3 Å². The molecule has 4 nitrogen and oxygen atoms in total. The molecule has 1 saturated heterocycles. The first-order chi connectivity index (χ1) is 5.77. The van der Waals surface area contributed by atoms with Gasteiger partial charge >= 0.3 is 0 Å². The summed E-state index contributed by atoms with van der Waals surface area (Å²) in [7, 11) is 0. The summed E-state index contributed by atoms with van der Waals surface area (Å²) in [5.74, 6) is 0. The summed E-state index contributed by atoms with van der Waals surface area (Å²) in [6.45, 7) is 0.390. The maximum atomic E-state index is 9.25. The quantitative estimate of drug-likeness (QED) is 0.620. The first-order valence-corrected chi connectivity index (χ1v) is 3.78. The van der Waals surface area contributed by atoms with E-state index >= 15 is 0 Å². The monoisotopic (exact) mass is 166 g/mol.